The number of carbonyl (C=O) groups is 1. The number of carbonyl (C=O) groups excluding carboxylic acids is 1. The van der Waals surface area contributed by atoms with Crippen LogP contribution in [0.25, 0.3) is 0 Å². The summed E-state index contributed by atoms with van der Waals surface area (Å²) in [6.45, 7) is 6.31. The average Bonchev–Trinajstić information content (AvgIpc) is 2.91. The summed E-state index contributed by atoms with van der Waals surface area (Å²) < 4.78 is 5.63. The largest absolute Gasteiger partial charge is 0.370 e. The summed E-state index contributed by atoms with van der Waals surface area (Å²) in [5.74, 6) is -0.0613. The van der Waals surface area contributed by atoms with Crippen molar-refractivity contribution in [3.8, 4) is 0 Å². The lowest BCUT2D eigenvalue weighted by Gasteiger charge is -2.19. The molecular weight excluding hydrogens is 218 g/mol. The van der Waals surface area contributed by atoms with Crippen LogP contribution in [0, 0.1) is 0 Å². The second kappa shape index (κ2) is 4.49. The summed E-state index contributed by atoms with van der Waals surface area (Å²) in [7, 11) is 0. The van der Waals surface area contributed by atoms with Gasteiger partial charge in [-0.3, -0.25) is 9.89 Å². The third kappa shape index (κ3) is 3.56. The van der Waals surface area contributed by atoms with Gasteiger partial charge in [0.05, 0.1) is 29.7 Å². The first-order valence-corrected chi connectivity index (χ1v) is 5.93. The highest BCUT2D eigenvalue weighted by atomic mass is 16.5. The number of rotatable bonds is 4. The van der Waals surface area contributed by atoms with Crippen LogP contribution in [0.5, 0.6) is 0 Å². The van der Waals surface area contributed by atoms with Crippen molar-refractivity contribution in [1.82, 2.24) is 15.5 Å². The van der Waals surface area contributed by atoms with Crippen molar-refractivity contribution in [3.63, 3.8) is 0 Å². The molecule has 94 valence electrons. The molecule has 1 amide bonds. The first-order valence-electron chi connectivity index (χ1n) is 5.93. The van der Waals surface area contributed by atoms with Gasteiger partial charge >= 0.3 is 0 Å². The molecule has 0 spiro atoms. The van der Waals surface area contributed by atoms with Crippen LogP contribution in [0.15, 0.2) is 6.20 Å². The number of aromatic amines is 1. The smallest absolute Gasteiger partial charge is 0.255 e. The van der Waals surface area contributed by atoms with Crippen LogP contribution in [-0.2, 0) is 11.3 Å². The second-order valence-corrected chi connectivity index (χ2v) is 5.41. The monoisotopic (exact) mass is 237 g/mol. The van der Waals surface area contributed by atoms with Gasteiger partial charge in [0.15, 0.2) is 0 Å². The van der Waals surface area contributed by atoms with Gasteiger partial charge in [0.2, 0.25) is 0 Å². The maximum absolute atomic E-state index is 11.9. The summed E-state index contributed by atoms with van der Waals surface area (Å²) in [5, 5.41) is 9.66. The number of hydrogen-bond donors (Lipinski definition) is 2. The van der Waals surface area contributed by atoms with Gasteiger partial charge in [-0.05, 0) is 33.6 Å². The van der Waals surface area contributed by atoms with Crippen molar-refractivity contribution in [3.05, 3.63) is 17.5 Å². The Morgan fingerprint density at radius 1 is 1.59 bits per heavy atom. The summed E-state index contributed by atoms with van der Waals surface area (Å²) in [5.41, 5.74) is 1.09. The van der Waals surface area contributed by atoms with Gasteiger partial charge in [-0.25, -0.2) is 0 Å². The van der Waals surface area contributed by atoms with Crippen LogP contribution in [-0.4, -0.2) is 27.7 Å². The average molecular weight is 237 g/mol. The molecule has 0 radical (unpaired) electrons. The Labute approximate surface area is 101 Å². The highest BCUT2D eigenvalue weighted by molar-refractivity contribution is 5.95. The van der Waals surface area contributed by atoms with E-state index < -0.39 is 0 Å². The molecule has 2 N–H and O–H groups in total. The predicted molar refractivity (Wildman–Crippen MR) is 63.6 cm³/mol. The van der Waals surface area contributed by atoms with E-state index in [0.717, 1.165) is 18.5 Å². The van der Waals surface area contributed by atoms with E-state index in [1.54, 1.807) is 6.20 Å². The molecule has 0 atom stereocenters. The SMILES string of the molecule is CC(C)(C)OCc1[nH]ncc1C(=O)NC1CC1. The zero-order valence-corrected chi connectivity index (χ0v) is 10.5. The Hall–Kier alpha value is -1.36. The summed E-state index contributed by atoms with van der Waals surface area (Å²) >= 11 is 0. The van der Waals surface area contributed by atoms with Crippen molar-refractivity contribution < 1.29 is 9.53 Å². The van der Waals surface area contributed by atoms with Crippen molar-refractivity contribution in [1.29, 1.82) is 0 Å². The van der Waals surface area contributed by atoms with Gasteiger partial charge < -0.3 is 10.1 Å². The van der Waals surface area contributed by atoms with Crippen LogP contribution in [0.3, 0.4) is 0 Å². The molecule has 0 unspecified atom stereocenters. The van der Waals surface area contributed by atoms with E-state index in [1.807, 2.05) is 20.8 Å². The van der Waals surface area contributed by atoms with Crippen LogP contribution in [0.2, 0.25) is 0 Å². The number of amides is 1. The summed E-state index contributed by atoms with van der Waals surface area (Å²) in [4.78, 5) is 11.9. The van der Waals surface area contributed by atoms with Gasteiger partial charge in [-0.2, -0.15) is 5.10 Å². The van der Waals surface area contributed by atoms with Gasteiger partial charge in [-0.1, -0.05) is 0 Å². The minimum Gasteiger partial charge on any atom is -0.370 e. The molecule has 1 heterocycles. The summed E-state index contributed by atoms with van der Waals surface area (Å²) in [6, 6.07) is 0.355. The van der Waals surface area contributed by atoms with Crippen LogP contribution in [0.1, 0.15) is 49.7 Å². The quantitative estimate of drug-likeness (QED) is 0.836. The third-order valence-electron chi connectivity index (χ3n) is 2.52. The van der Waals surface area contributed by atoms with Gasteiger partial charge in [-0.15, -0.1) is 0 Å². The van der Waals surface area contributed by atoms with Gasteiger partial charge in [0.25, 0.3) is 5.91 Å². The van der Waals surface area contributed by atoms with Crippen molar-refractivity contribution >= 4 is 5.91 Å². The molecule has 0 aliphatic heterocycles. The number of nitrogens with zero attached hydrogens (tertiary/aromatic N) is 1. The fourth-order valence-corrected chi connectivity index (χ4v) is 1.40. The molecule has 1 fully saturated rings. The number of ether oxygens (including phenoxy) is 1. The van der Waals surface area contributed by atoms with Crippen molar-refractivity contribution in [2.45, 2.75) is 51.9 Å². The Balaban J connectivity index is 1.97. The maximum atomic E-state index is 11.9. The molecule has 0 aromatic carbocycles. The zero-order chi connectivity index (χ0) is 12.5. The van der Waals surface area contributed by atoms with Crippen LogP contribution >= 0.6 is 0 Å². The fourth-order valence-electron chi connectivity index (χ4n) is 1.40. The van der Waals surface area contributed by atoms with E-state index in [-0.39, 0.29) is 11.5 Å². The standard InChI is InChI=1S/C12H19N3O2/c1-12(2,3)17-7-10-9(6-13-15-10)11(16)14-8-4-5-8/h6,8H,4-5,7H2,1-3H3,(H,13,15)(H,14,16). The molecule has 1 aromatic heterocycles. The molecule has 5 heteroatoms. The number of hydrogen-bond acceptors (Lipinski definition) is 3. The molecule has 2 rings (SSSR count). The van der Waals surface area contributed by atoms with Crippen LogP contribution in [0.4, 0.5) is 0 Å². The van der Waals surface area contributed by atoms with Crippen molar-refractivity contribution in [2.24, 2.45) is 0 Å². The first-order chi connectivity index (χ1) is 7.96. The Kier molecular flexibility index (Phi) is 3.19. The Morgan fingerprint density at radius 3 is 2.88 bits per heavy atom. The van der Waals surface area contributed by atoms with E-state index in [0.29, 0.717) is 18.2 Å². The molecule has 17 heavy (non-hydrogen) atoms. The minimum absolute atomic E-state index is 0.0613. The predicted octanol–water partition coefficient (Wildman–Crippen LogP) is 1.62. The number of nitrogens with one attached hydrogen (secondary N) is 2. The fraction of sp³-hybridized carbons (Fsp3) is 0.667. The lowest BCUT2D eigenvalue weighted by Crippen LogP contribution is -2.26. The van der Waals surface area contributed by atoms with E-state index in [9.17, 15) is 4.79 Å². The zero-order valence-electron chi connectivity index (χ0n) is 10.5. The van der Waals surface area contributed by atoms with Crippen molar-refractivity contribution in [2.75, 3.05) is 0 Å². The molecule has 1 aromatic rings. The number of aromatic nitrogens is 2. The van der Waals surface area contributed by atoms with E-state index >= 15 is 0 Å². The molecule has 1 aliphatic carbocycles. The normalized spacial score (nSPS) is 15.9. The number of H-pyrrole nitrogens is 1. The lowest BCUT2D eigenvalue weighted by molar-refractivity contribution is -0.0167. The topological polar surface area (TPSA) is 67.0 Å². The van der Waals surface area contributed by atoms with E-state index in [4.69, 9.17) is 4.74 Å². The van der Waals surface area contributed by atoms with Gasteiger partial charge in [0, 0.05) is 6.04 Å². The van der Waals surface area contributed by atoms with E-state index in [2.05, 4.69) is 15.5 Å². The molecule has 1 aliphatic rings. The lowest BCUT2D eigenvalue weighted by atomic mass is 10.2. The second-order valence-electron chi connectivity index (χ2n) is 5.41. The maximum Gasteiger partial charge on any atom is 0.255 e. The highest BCUT2D eigenvalue weighted by Crippen LogP contribution is 2.20. The molecule has 5 nitrogen and oxygen atoms in total. The van der Waals surface area contributed by atoms with E-state index in [1.165, 1.54) is 0 Å². The molecule has 1 saturated carbocycles. The highest BCUT2D eigenvalue weighted by Gasteiger charge is 2.25. The first kappa shape index (κ1) is 12.1. The molecule has 0 bridgehead atoms. The van der Waals surface area contributed by atoms with Crippen LogP contribution < -0.4 is 5.32 Å². The Morgan fingerprint density at radius 2 is 2.29 bits per heavy atom. The Bertz CT molecular complexity index is 402. The third-order valence-corrected chi connectivity index (χ3v) is 2.52. The van der Waals surface area contributed by atoms with Gasteiger partial charge in [0.1, 0.15) is 0 Å². The molecule has 0 saturated heterocycles. The molecular formula is C12H19N3O2. The summed E-state index contributed by atoms with van der Waals surface area (Å²) in [6.07, 6.45) is 3.72. The minimum atomic E-state index is -0.227.